The van der Waals surface area contributed by atoms with Crippen LogP contribution in [0.1, 0.15) is 0 Å². The molecule has 0 aromatic carbocycles. The summed E-state index contributed by atoms with van der Waals surface area (Å²) in [4.78, 5) is 11.6. The number of nitrogens with zero attached hydrogens (tertiary/aromatic N) is 1. The molecule has 0 spiro atoms. The van der Waals surface area contributed by atoms with Gasteiger partial charge in [0.1, 0.15) is 0 Å². The van der Waals surface area contributed by atoms with Gasteiger partial charge in [0.25, 0.3) is 0 Å². The fourth-order valence-electron chi connectivity index (χ4n) is 1.51. The number of carbonyl (C=O) groups excluding carboxylic acids is 1. The molecular weight excluding hydrogens is 210 g/mol. The first-order chi connectivity index (χ1) is 7.36. The Morgan fingerprint density at radius 1 is 1.53 bits per heavy atom. The van der Waals surface area contributed by atoms with E-state index in [1.165, 1.54) is 0 Å². The zero-order chi connectivity index (χ0) is 10.5. The number of rotatable bonds is 4. The van der Waals surface area contributed by atoms with E-state index in [2.05, 4.69) is 15.2 Å². The number of amides is 1. The van der Waals surface area contributed by atoms with E-state index in [-0.39, 0.29) is 11.9 Å². The molecule has 0 bridgehead atoms. The average Bonchev–Trinajstić information content (AvgIpc) is 2.90. The van der Waals surface area contributed by atoms with Gasteiger partial charge in [-0.25, -0.2) is 0 Å². The van der Waals surface area contributed by atoms with Crippen molar-refractivity contribution in [1.29, 1.82) is 0 Å². The quantitative estimate of drug-likeness (QED) is 0.773. The number of aromatic nitrogens is 1. The predicted octanol–water partition coefficient (Wildman–Crippen LogP) is 0.267. The van der Waals surface area contributed by atoms with Crippen molar-refractivity contribution in [3.05, 3.63) is 24.5 Å². The van der Waals surface area contributed by atoms with Crippen LogP contribution in [-0.4, -0.2) is 34.7 Å². The second kappa shape index (κ2) is 5.23. The molecule has 2 N–H and O–H groups in total. The van der Waals surface area contributed by atoms with E-state index in [4.69, 9.17) is 0 Å². The normalized spacial score (nSPS) is 20.4. The van der Waals surface area contributed by atoms with Crippen LogP contribution in [0, 0.1) is 0 Å². The minimum absolute atomic E-state index is 0.000313. The van der Waals surface area contributed by atoms with Crippen molar-refractivity contribution in [2.24, 2.45) is 0 Å². The maximum atomic E-state index is 11.6. The number of hydrogen-bond acceptors (Lipinski definition) is 3. The van der Waals surface area contributed by atoms with Gasteiger partial charge in [0, 0.05) is 37.1 Å². The summed E-state index contributed by atoms with van der Waals surface area (Å²) >= 11 is 1.76. The van der Waals surface area contributed by atoms with Crippen molar-refractivity contribution >= 4 is 17.7 Å². The Bertz CT molecular complexity index is 306. The molecule has 2 heterocycles. The van der Waals surface area contributed by atoms with Gasteiger partial charge in [-0.15, -0.1) is 11.8 Å². The first-order valence-electron chi connectivity index (χ1n) is 5.06. The Hall–Kier alpha value is -0.940. The lowest BCUT2D eigenvalue weighted by Gasteiger charge is -2.10. The van der Waals surface area contributed by atoms with Crippen LogP contribution >= 0.6 is 11.8 Å². The molecule has 15 heavy (non-hydrogen) atoms. The minimum atomic E-state index is -0.000313. The molecule has 1 aromatic rings. The highest BCUT2D eigenvalue weighted by Crippen LogP contribution is 2.08. The monoisotopic (exact) mass is 225 g/mol. The molecule has 82 valence electrons. The molecule has 2 rings (SSSR count). The lowest BCUT2D eigenvalue weighted by Crippen LogP contribution is -2.42. The molecule has 5 heteroatoms. The van der Waals surface area contributed by atoms with Gasteiger partial charge in [0.15, 0.2) is 0 Å². The van der Waals surface area contributed by atoms with E-state index in [9.17, 15) is 4.79 Å². The first kappa shape index (κ1) is 10.6. The van der Waals surface area contributed by atoms with Crippen LogP contribution in [0.15, 0.2) is 24.5 Å². The van der Waals surface area contributed by atoms with Crippen LogP contribution in [0.2, 0.25) is 0 Å². The van der Waals surface area contributed by atoms with Crippen molar-refractivity contribution in [3.8, 4) is 0 Å². The third-order valence-corrected chi connectivity index (χ3v) is 3.31. The summed E-state index contributed by atoms with van der Waals surface area (Å²) in [5, 5.41) is 6.07. The van der Waals surface area contributed by atoms with E-state index >= 15 is 0 Å². The summed E-state index contributed by atoms with van der Waals surface area (Å²) in [6, 6.07) is 3.97. The Morgan fingerprint density at radius 2 is 2.33 bits per heavy atom. The van der Waals surface area contributed by atoms with Crippen LogP contribution in [-0.2, 0) is 11.3 Å². The van der Waals surface area contributed by atoms with E-state index in [1.54, 1.807) is 11.8 Å². The molecule has 1 saturated heterocycles. The van der Waals surface area contributed by atoms with Gasteiger partial charge >= 0.3 is 0 Å². The second-order valence-corrected chi connectivity index (χ2v) is 4.51. The van der Waals surface area contributed by atoms with Gasteiger partial charge in [0.2, 0.25) is 5.91 Å². The number of carbonyl (C=O) groups is 1. The fraction of sp³-hybridized carbons (Fsp3) is 0.500. The zero-order valence-corrected chi connectivity index (χ0v) is 9.30. The Balaban J connectivity index is 1.67. The van der Waals surface area contributed by atoms with Gasteiger partial charge in [-0.1, -0.05) is 0 Å². The predicted molar refractivity (Wildman–Crippen MR) is 61.7 cm³/mol. The number of nitrogens with one attached hydrogen (secondary N) is 2. The van der Waals surface area contributed by atoms with Gasteiger partial charge in [-0.2, -0.15) is 0 Å². The van der Waals surface area contributed by atoms with Crippen LogP contribution in [0.5, 0.6) is 0 Å². The zero-order valence-electron chi connectivity index (χ0n) is 8.48. The molecule has 0 saturated carbocycles. The van der Waals surface area contributed by atoms with Gasteiger partial charge < -0.3 is 9.88 Å². The van der Waals surface area contributed by atoms with E-state index in [0.717, 1.165) is 18.2 Å². The molecule has 1 unspecified atom stereocenters. The second-order valence-electron chi connectivity index (χ2n) is 3.48. The van der Waals surface area contributed by atoms with Gasteiger partial charge in [-0.05, 0) is 12.1 Å². The van der Waals surface area contributed by atoms with Crippen molar-refractivity contribution in [2.75, 3.05) is 18.2 Å². The summed E-state index contributed by atoms with van der Waals surface area (Å²) < 4.78 is 2.05. The third-order valence-electron chi connectivity index (χ3n) is 2.37. The van der Waals surface area contributed by atoms with E-state index in [1.807, 2.05) is 24.5 Å². The smallest absolute Gasteiger partial charge is 0.238 e. The lowest BCUT2D eigenvalue weighted by atomic mass is 10.3. The van der Waals surface area contributed by atoms with E-state index < -0.39 is 0 Å². The summed E-state index contributed by atoms with van der Waals surface area (Å²) in [6.45, 7) is 1.52. The number of hydrogen-bond donors (Lipinski definition) is 2. The number of thioether (sulfide) groups is 1. The van der Waals surface area contributed by atoms with Crippen molar-refractivity contribution in [2.45, 2.75) is 12.6 Å². The average molecular weight is 225 g/mol. The molecule has 1 aliphatic rings. The maximum absolute atomic E-state index is 11.6. The molecule has 0 aliphatic carbocycles. The highest BCUT2D eigenvalue weighted by Gasteiger charge is 2.21. The van der Waals surface area contributed by atoms with Crippen molar-refractivity contribution in [1.82, 2.24) is 15.2 Å². The molecule has 1 aromatic heterocycles. The molecule has 1 aliphatic heterocycles. The molecule has 1 atom stereocenters. The van der Waals surface area contributed by atoms with Crippen LogP contribution in [0.3, 0.4) is 0 Å². The third kappa shape index (κ3) is 3.00. The first-order valence-corrected chi connectivity index (χ1v) is 6.21. The SMILES string of the molecule is O=C(NCCn1cccc1)C1CSCN1. The summed E-state index contributed by atoms with van der Waals surface area (Å²) in [5.41, 5.74) is 0. The van der Waals surface area contributed by atoms with Gasteiger partial charge in [-0.3, -0.25) is 10.1 Å². The fourth-order valence-corrected chi connectivity index (χ4v) is 2.46. The molecule has 1 amide bonds. The Morgan fingerprint density at radius 3 is 3.00 bits per heavy atom. The summed E-state index contributed by atoms with van der Waals surface area (Å²) in [7, 11) is 0. The molecular formula is C10H15N3OS. The highest BCUT2D eigenvalue weighted by molar-refractivity contribution is 7.99. The largest absolute Gasteiger partial charge is 0.353 e. The van der Waals surface area contributed by atoms with Crippen LogP contribution in [0.25, 0.3) is 0 Å². The van der Waals surface area contributed by atoms with Crippen molar-refractivity contribution < 1.29 is 4.79 Å². The summed E-state index contributed by atoms with van der Waals surface area (Å²) in [6.07, 6.45) is 3.99. The van der Waals surface area contributed by atoms with E-state index in [0.29, 0.717) is 6.54 Å². The topological polar surface area (TPSA) is 46.1 Å². The van der Waals surface area contributed by atoms with Crippen LogP contribution in [0.4, 0.5) is 0 Å². The minimum Gasteiger partial charge on any atom is -0.353 e. The van der Waals surface area contributed by atoms with Crippen molar-refractivity contribution in [3.63, 3.8) is 0 Å². The molecule has 1 fully saturated rings. The Kier molecular flexibility index (Phi) is 3.69. The standard InChI is InChI=1S/C10H15N3OS/c14-10(9-7-15-8-12-9)11-3-6-13-4-1-2-5-13/h1-2,4-5,9,12H,3,6-8H2,(H,11,14). The van der Waals surface area contributed by atoms with Crippen LogP contribution < -0.4 is 10.6 Å². The Labute approximate surface area is 93.4 Å². The lowest BCUT2D eigenvalue weighted by molar-refractivity contribution is -0.122. The molecule has 0 radical (unpaired) electrons. The molecule has 4 nitrogen and oxygen atoms in total. The highest BCUT2D eigenvalue weighted by atomic mass is 32.2. The summed E-state index contributed by atoms with van der Waals surface area (Å²) in [5.74, 6) is 1.89. The van der Waals surface area contributed by atoms with Gasteiger partial charge in [0.05, 0.1) is 6.04 Å². The maximum Gasteiger partial charge on any atom is 0.238 e.